The van der Waals surface area contributed by atoms with Crippen LogP contribution >= 0.6 is 0 Å². The van der Waals surface area contributed by atoms with E-state index >= 15 is 0 Å². The maximum absolute atomic E-state index is 13.1. The number of esters is 1. The fourth-order valence-electron chi connectivity index (χ4n) is 10.2. The second-order valence-corrected chi connectivity index (χ2v) is 13.6. The van der Waals surface area contributed by atoms with Gasteiger partial charge in [-0.1, -0.05) is 6.92 Å². The number of aldehydes is 1. The minimum absolute atomic E-state index is 0.0286. The lowest BCUT2D eigenvalue weighted by atomic mass is 9.42. The van der Waals surface area contributed by atoms with Gasteiger partial charge < -0.3 is 44.2 Å². The Morgan fingerprint density at radius 1 is 1.00 bits per heavy atom. The van der Waals surface area contributed by atoms with Crippen LogP contribution in [-0.2, 0) is 28.5 Å². The summed E-state index contributed by atoms with van der Waals surface area (Å²) in [5.41, 5.74) is -2.11. The van der Waals surface area contributed by atoms with Crippen LogP contribution in [0.1, 0.15) is 65.2 Å². The Labute approximate surface area is 227 Å². The third kappa shape index (κ3) is 3.34. The van der Waals surface area contributed by atoms with Crippen molar-refractivity contribution >= 4 is 12.3 Å². The molecule has 2 saturated heterocycles. The summed E-state index contributed by atoms with van der Waals surface area (Å²) in [6.07, 6.45) is 1.95. The molecule has 0 aromatic rings. The largest absolute Gasteiger partial charge is 0.458 e. The van der Waals surface area contributed by atoms with Crippen LogP contribution in [0.15, 0.2) is 11.6 Å². The lowest BCUT2D eigenvalue weighted by Crippen LogP contribution is -2.72. The number of hydrogen-bond acceptors (Lipinski definition) is 10. The van der Waals surface area contributed by atoms with Crippen molar-refractivity contribution in [1.29, 1.82) is 0 Å². The topological polar surface area (TPSA) is 152 Å². The molecule has 4 aliphatic carbocycles. The zero-order valence-electron chi connectivity index (χ0n) is 22.5. The Hall–Kier alpha value is -1.40. The molecule has 7 rings (SSSR count). The fourth-order valence-corrected chi connectivity index (χ4v) is 10.2. The average Bonchev–Trinajstić information content (AvgIpc) is 3.44. The predicted molar refractivity (Wildman–Crippen MR) is 133 cm³/mol. The second-order valence-electron chi connectivity index (χ2n) is 13.6. The van der Waals surface area contributed by atoms with E-state index in [1.165, 1.54) is 6.08 Å². The van der Waals surface area contributed by atoms with Crippen LogP contribution in [-0.4, -0.2) is 87.5 Å². The smallest absolute Gasteiger partial charge is 0.331 e. The second kappa shape index (κ2) is 8.56. The zero-order valence-corrected chi connectivity index (χ0v) is 22.5. The quantitative estimate of drug-likeness (QED) is 0.223. The molecule has 0 bridgehead atoms. The normalized spacial score (nSPS) is 58.2. The van der Waals surface area contributed by atoms with Gasteiger partial charge in [-0.3, -0.25) is 0 Å². The van der Waals surface area contributed by atoms with Crippen LogP contribution in [0.5, 0.6) is 0 Å². The number of ether oxygens (including phenoxy) is 4. The Balaban J connectivity index is 1.21. The van der Waals surface area contributed by atoms with Gasteiger partial charge in [0.25, 0.3) is 0 Å². The lowest BCUT2D eigenvalue weighted by molar-refractivity contribution is -0.457. The Morgan fingerprint density at radius 3 is 2.51 bits per heavy atom. The maximum Gasteiger partial charge on any atom is 0.331 e. The Kier molecular flexibility index (Phi) is 5.82. The molecular formula is C29H40O10. The van der Waals surface area contributed by atoms with Crippen LogP contribution in [0.3, 0.4) is 0 Å². The van der Waals surface area contributed by atoms with E-state index in [9.17, 15) is 30.0 Å². The standard InChI is InChI=1S/C29H40O10/c1-14-7-23(32)29(35)25(37-14)38-20-9-16-3-4-18-19(27(16,13-30)11-21(20)39-29)10-22(31)26(2)17(5-6-28(18,26)34)15-8-24(33)36-12-15/h8,13-14,16-23,25,31-32,34-35H,3-7,9-12H2,1-2H3/t14-,16+,17-,18-,19+,20-,21-,22-,23-,25+,26+,27-,28+,29+/m1/s1. The maximum atomic E-state index is 13.1. The third-order valence-corrected chi connectivity index (χ3v) is 12.2. The van der Waals surface area contributed by atoms with Gasteiger partial charge in [-0.05, 0) is 81.1 Å². The first-order valence-electron chi connectivity index (χ1n) is 14.6. The fraction of sp³-hybridized carbons (Fsp3) is 0.862. The number of carbonyl (C=O) groups is 2. The molecule has 4 saturated carbocycles. The number of hydrogen-bond donors (Lipinski definition) is 4. The molecule has 7 aliphatic rings. The van der Waals surface area contributed by atoms with Crippen LogP contribution < -0.4 is 0 Å². The van der Waals surface area contributed by atoms with Crippen molar-refractivity contribution < 1.29 is 49.0 Å². The van der Waals surface area contributed by atoms with Gasteiger partial charge in [0, 0.05) is 23.3 Å². The first-order valence-corrected chi connectivity index (χ1v) is 14.6. The molecule has 10 heteroatoms. The summed E-state index contributed by atoms with van der Waals surface area (Å²) in [6, 6.07) is 0. The summed E-state index contributed by atoms with van der Waals surface area (Å²) in [5, 5.41) is 46.2. The van der Waals surface area contributed by atoms with Crippen molar-refractivity contribution in [3.8, 4) is 0 Å². The van der Waals surface area contributed by atoms with Gasteiger partial charge >= 0.3 is 5.97 Å². The highest BCUT2D eigenvalue weighted by atomic mass is 16.8. The van der Waals surface area contributed by atoms with E-state index in [1.54, 1.807) is 0 Å². The molecular weight excluding hydrogens is 508 g/mol. The molecule has 0 aromatic carbocycles. The molecule has 10 nitrogen and oxygen atoms in total. The molecule has 0 aromatic heterocycles. The van der Waals surface area contributed by atoms with E-state index in [-0.39, 0.29) is 55.2 Å². The van der Waals surface area contributed by atoms with Crippen molar-refractivity contribution in [2.24, 2.45) is 34.5 Å². The molecule has 39 heavy (non-hydrogen) atoms. The van der Waals surface area contributed by atoms with Crippen molar-refractivity contribution in [2.45, 2.75) is 113 Å². The molecule has 6 fully saturated rings. The summed E-state index contributed by atoms with van der Waals surface area (Å²) < 4.78 is 23.4. The van der Waals surface area contributed by atoms with Gasteiger partial charge in [-0.25, -0.2) is 4.79 Å². The van der Waals surface area contributed by atoms with E-state index in [0.717, 1.165) is 24.7 Å². The highest BCUT2D eigenvalue weighted by Crippen LogP contribution is 2.70. The number of cyclic esters (lactones) is 1. The number of carbonyl (C=O) groups excluding carboxylic acids is 2. The molecule has 14 atom stereocenters. The third-order valence-electron chi connectivity index (χ3n) is 12.2. The van der Waals surface area contributed by atoms with E-state index < -0.39 is 52.9 Å². The zero-order chi connectivity index (χ0) is 27.5. The lowest BCUT2D eigenvalue weighted by Gasteiger charge is -2.65. The number of aliphatic hydroxyl groups is 4. The first kappa shape index (κ1) is 26.5. The van der Waals surface area contributed by atoms with E-state index in [4.69, 9.17) is 18.9 Å². The Morgan fingerprint density at radius 2 is 1.79 bits per heavy atom. The molecule has 216 valence electrons. The van der Waals surface area contributed by atoms with Gasteiger partial charge in [-0.2, -0.15) is 0 Å². The van der Waals surface area contributed by atoms with Crippen LogP contribution in [0, 0.1) is 34.5 Å². The molecule has 0 unspecified atom stereocenters. The first-order chi connectivity index (χ1) is 18.5. The van der Waals surface area contributed by atoms with Gasteiger partial charge in [-0.15, -0.1) is 0 Å². The highest BCUT2D eigenvalue weighted by Gasteiger charge is 2.73. The predicted octanol–water partition coefficient (Wildman–Crippen LogP) is 0.971. The summed E-state index contributed by atoms with van der Waals surface area (Å²) in [7, 11) is 0. The van der Waals surface area contributed by atoms with Crippen LogP contribution in [0.2, 0.25) is 0 Å². The monoisotopic (exact) mass is 548 g/mol. The van der Waals surface area contributed by atoms with Crippen LogP contribution in [0.25, 0.3) is 0 Å². The Bertz CT molecular complexity index is 1090. The minimum Gasteiger partial charge on any atom is -0.458 e. The summed E-state index contributed by atoms with van der Waals surface area (Å²) >= 11 is 0. The van der Waals surface area contributed by atoms with Crippen molar-refractivity contribution in [3.05, 3.63) is 11.6 Å². The molecule has 3 heterocycles. The number of fused-ring (bicyclic) bond motifs is 7. The van der Waals surface area contributed by atoms with Crippen molar-refractivity contribution in [3.63, 3.8) is 0 Å². The van der Waals surface area contributed by atoms with Gasteiger partial charge in [0.1, 0.15) is 19.0 Å². The van der Waals surface area contributed by atoms with Crippen LogP contribution in [0.4, 0.5) is 0 Å². The van der Waals surface area contributed by atoms with Gasteiger partial charge in [0.2, 0.25) is 12.1 Å². The number of aliphatic hydroxyl groups excluding tert-OH is 2. The van der Waals surface area contributed by atoms with Crippen molar-refractivity contribution in [2.75, 3.05) is 6.61 Å². The van der Waals surface area contributed by atoms with Gasteiger partial charge in [0.05, 0.1) is 30.0 Å². The van der Waals surface area contributed by atoms with E-state index in [1.807, 2.05) is 13.8 Å². The van der Waals surface area contributed by atoms with E-state index in [0.29, 0.717) is 25.7 Å². The highest BCUT2D eigenvalue weighted by molar-refractivity contribution is 5.85. The molecule has 0 radical (unpaired) electrons. The minimum atomic E-state index is -2.02. The SMILES string of the molecule is C[C@@H]1C[C@@H](O)[C@]2(O)O[C@@H]3C[C@@]4(C=O)[C@@H](CC[C@@H]5[C@@H]4C[C@@H](O)[C@]4(C)[C@@H](C6=CC(=O)OC6)CC[C@]54O)C[C@H]3O[C@@H]2O1. The van der Waals surface area contributed by atoms with Gasteiger partial charge in [0.15, 0.2) is 0 Å². The van der Waals surface area contributed by atoms with E-state index in [2.05, 4.69) is 0 Å². The summed E-state index contributed by atoms with van der Waals surface area (Å²) in [5.74, 6) is -3.10. The summed E-state index contributed by atoms with van der Waals surface area (Å²) in [4.78, 5) is 25.0. The average molecular weight is 549 g/mol. The molecule has 4 N–H and O–H groups in total. The molecule has 0 spiro atoms. The number of rotatable bonds is 2. The summed E-state index contributed by atoms with van der Waals surface area (Å²) in [6.45, 7) is 3.94. The van der Waals surface area contributed by atoms with Crippen molar-refractivity contribution in [1.82, 2.24) is 0 Å². The molecule has 3 aliphatic heterocycles. The molecule has 0 amide bonds.